The van der Waals surface area contributed by atoms with Gasteiger partial charge in [-0.2, -0.15) is 0 Å². The van der Waals surface area contributed by atoms with E-state index in [0.717, 1.165) is 38.4 Å². The van der Waals surface area contributed by atoms with Gasteiger partial charge in [0.15, 0.2) is 11.6 Å². The van der Waals surface area contributed by atoms with Gasteiger partial charge in [-0.25, -0.2) is 4.39 Å². The SMILES string of the molecule is CC.COc1cc(N2CCCCC2)c(F)cc1[N+](=O)[O-]. The average molecular weight is 284 g/mol. The minimum Gasteiger partial charge on any atom is -0.490 e. The molecule has 1 heterocycles. The second kappa shape index (κ2) is 7.67. The lowest BCUT2D eigenvalue weighted by Gasteiger charge is -2.29. The number of piperidine rings is 1. The summed E-state index contributed by atoms with van der Waals surface area (Å²) < 4.78 is 18.9. The summed E-state index contributed by atoms with van der Waals surface area (Å²) in [5, 5.41) is 10.8. The van der Waals surface area contributed by atoms with Gasteiger partial charge in [0.05, 0.1) is 23.8 Å². The topological polar surface area (TPSA) is 55.6 Å². The monoisotopic (exact) mass is 284 g/mol. The van der Waals surface area contributed by atoms with Crippen molar-refractivity contribution in [2.75, 3.05) is 25.1 Å². The van der Waals surface area contributed by atoms with E-state index in [9.17, 15) is 14.5 Å². The number of nitrogens with zero attached hydrogens (tertiary/aromatic N) is 2. The Bertz CT molecular complexity index is 460. The van der Waals surface area contributed by atoms with Crippen LogP contribution in [0.3, 0.4) is 0 Å². The molecule has 1 saturated heterocycles. The van der Waals surface area contributed by atoms with Crippen molar-refractivity contribution >= 4 is 11.4 Å². The quantitative estimate of drug-likeness (QED) is 0.626. The summed E-state index contributed by atoms with van der Waals surface area (Å²) >= 11 is 0. The van der Waals surface area contributed by atoms with Gasteiger partial charge in [-0.3, -0.25) is 10.1 Å². The van der Waals surface area contributed by atoms with E-state index in [1.165, 1.54) is 13.2 Å². The number of anilines is 1. The van der Waals surface area contributed by atoms with Gasteiger partial charge in [0.25, 0.3) is 0 Å². The van der Waals surface area contributed by atoms with Crippen molar-refractivity contribution in [1.82, 2.24) is 0 Å². The van der Waals surface area contributed by atoms with E-state index >= 15 is 0 Å². The maximum absolute atomic E-state index is 13.9. The van der Waals surface area contributed by atoms with Gasteiger partial charge < -0.3 is 9.64 Å². The predicted octanol–water partition coefficient (Wildman–Crippen LogP) is 3.76. The van der Waals surface area contributed by atoms with E-state index in [1.807, 2.05) is 18.7 Å². The number of hydrogen-bond acceptors (Lipinski definition) is 4. The van der Waals surface area contributed by atoms with Crippen molar-refractivity contribution in [2.45, 2.75) is 33.1 Å². The number of benzene rings is 1. The fraction of sp³-hybridized carbons (Fsp3) is 0.571. The molecule has 0 radical (unpaired) electrons. The van der Waals surface area contributed by atoms with Gasteiger partial charge in [-0.05, 0) is 19.3 Å². The Hall–Kier alpha value is -1.85. The zero-order chi connectivity index (χ0) is 15.1. The second-order valence-electron chi connectivity index (χ2n) is 4.28. The Morgan fingerprint density at radius 1 is 1.25 bits per heavy atom. The van der Waals surface area contributed by atoms with Crippen LogP contribution in [0.25, 0.3) is 0 Å². The van der Waals surface area contributed by atoms with Crippen LogP contribution in [-0.2, 0) is 0 Å². The minimum atomic E-state index is -0.637. The molecule has 0 saturated carbocycles. The van der Waals surface area contributed by atoms with Crippen LogP contribution in [0.15, 0.2) is 12.1 Å². The molecule has 1 aromatic rings. The van der Waals surface area contributed by atoms with E-state index in [2.05, 4.69) is 0 Å². The minimum absolute atomic E-state index is 0.0990. The Morgan fingerprint density at radius 3 is 2.35 bits per heavy atom. The lowest BCUT2D eigenvalue weighted by molar-refractivity contribution is -0.385. The lowest BCUT2D eigenvalue weighted by atomic mass is 10.1. The molecular formula is C14H21FN2O3. The Kier molecular flexibility index (Phi) is 6.21. The molecule has 0 N–H and O–H groups in total. The first-order chi connectivity index (χ1) is 9.63. The van der Waals surface area contributed by atoms with Crippen molar-refractivity contribution < 1.29 is 14.1 Å². The van der Waals surface area contributed by atoms with E-state index < -0.39 is 10.7 Å². The fourth-order valence-corrected chi connectivity index (χ4v) is 2.22. The maximum atomic E-state index is 13.9. The first-order valence-electron chi connectivity index (χ1n) is 6.90. The molecule has 0 bridgehead atoms. The normalized spacial score (nSPS) is 14.3. The second-order valence-corrected chi connectivity index (χ2v) is 4.28. The summed E-state index contributed by atoms with van der Waals surface area (Å²) in [7, 11) is 1.35. The largest absolute Gasteiger partial charge is 0.490 e. The van der Waals surface area contributed by atoms with Crippen LogP contribution in [0.1, 0.15) is 33.1 Å². The molecule has 1 aromatic carbocycles. The molecule has 6 heteroatoms. The molecule has 20 heavy (non-hydrogen) atoms. The van der Waals surface area contributed by atoms with Crippen LogP contribution < -0.4 is 9.64 Å². The molecule has 0 atom stereocenters. The van der Waals surface area contributed by atoms with Crippen LogP contribution in [-0.4, -0.2) is 25.1 Å². The number of ether oxygens (including phenoxy) is 1. The fourth-order valence-electron chi connectivity index (χ4n) is 2.22. The average Bonchev–Trinajstić information content (AvgIpc) is 2.49. The highest BCUT2D eigenvalue weighted by molar-refractivity contribution is 5.60. The summed E-state index contributed by atoms with van der Waals surface area (Å²) in [6.07, 6.45) is 3.17. The zero-order valence-electron chi connectivity index (χ0n) is 12.2. The van der Waals surface area contributed by atoms with Crippen molar-refractivity contribution in [3.05, 3.63) is 28.1 Å². The van der Waals surface area contributed by atoms with Crippen molar-refractivity contribution in [3.8, 4) is 5.75 Å². The van der Waals surface area contributed by atoms with Gasteiger partial charge in [0.1, 0.15) is 0 Å². The van der Waals surface area contributed by atoms with Crippen LogP contribution in [0.4, 0.5) is 15.8 Å². The third kappa shape index (κ3) is 3.59. The van der Waals surface area contributed by atoms with Crippen LogP contribution in [0, 0.1) is 15.9 Å². The molecular weight excluding hydrogens is 263 g/mol. The number of halogens is 1. The van der Waals surface area contributed by atoms with E-state index in [4.69, 9.17) is 4.74 Å². The van der Waals surface area contributed by atoms with Gasteiger partial charge in [0, 0.05) is 19.2 Å². The van der Waals surface area contributed by atoms with Crippen molar-refractivity contribution in [3.63, 3.8) is 0 Å². The van der Waals surface area contributed by atoms with E-state index in [-0.39, 0.29) is 11.4 Å². The molecule has 0 aromatic heterocycles. The molecule has 0 aliphatic carbocycles. The third-order valence-electron chi connectivity index (χ3n) is 3.14. The number of methoxy groups -OCH3 is 1. The standard InChI is InChI=1S/C12H15FN2O3.C2H6/c1-18-12-8-10(14-5-3-2-4-6-14)9(13)7-11(12)15(16)17;1-2/h7-8H,2-6H2,1H3;1-2H3. The van der Waals surface area contributed by atoms with Crippen LogP contribution in [0.2, 0.25) is 0 Å². The highest BCUT2D eigenvalue weighted by Crippen LogP contribution is 2.34. The molecule has 0 amide bonds. The Balaban J connectivity index is 0.000000956. The molecule has 112 valence electrons. The molecule has 1 aliphatic heterocycles. The van der Waals surface area contributed by atoms with Crippen LogP contribution in [0.5, 0.6) is 5.75 Å². The zero-order valence-corrected chi connectivity index (χ0v) is 12.2. The lowest BCUT2D eigenvalue weighted by Crippen LogP contribution is -2.30. The van der Waals surface area contributed by atoms with Crippen molar-refractivity contribution in [2.24, 2.45) is 0 Å². The van der Waals surface area contributed by atoms with E-state index in [1.54, 1.807) is 0 Å². The summed E-state index contributed by atoms with van der Waals surface area (Å²) in [5.41, 5.74) is 0.0490. The molecule has 1 fully saturated rings. The summed E-state index contributed by atoms with van der Waals surface area (Å²) in [5.74, 6) is -0.466. The first kappa shape index (κ1) is 16.2. The smallest absolute Gasteiger partial charge is 0.313 e. The summed E-state index contributed by atoms with van der Waals surface area (Å²) in [6, 6.07) is 2.35. The molecule has 0 unspecified atom stereocenters. The van der Waals surface area contributed by atoms with Gasteiger partial charge in [0.2, 0.25) is 0 Å². The number of nitro groups is 1. The predicted molar refractivity (Wildman–Crippen MR) is 77.0 cm³/mol. The summed E-state index contributed by atoms with van der Waals surface area (Å²) in [6.45, 7) is 5.55. The van der Waals surface area contributed by atoms with Gasteiger partial charge >= 0.3 is 5.69 Å². The van der Waals surface area contributed by atoms with E-state index in [0.29, 0.717) is 5.69 Å². The number of rotatable bonds is 3. The molecule has 2 rings (SSSR count). The van der Waals surface area contributed by atoms with Crippen LogP contribution >= 0.6 is 0 Å². The molecule has 1 aliphatic rings. The highest BCUT2D eigenvalue weighted by atomic mass is 19.1. The highest BCUT2D eigenvalue weighted by Gasteiger charge is 2.22. The van der Waals surface area contributed by atoms with Crippen molar-refractivity contribution in [1.29, 1.82) is 0 Å². The Morgan fingerprint density at radius 2 is 1.85 bits per heavy atom. The molecule has 0 spiro atoms. The number of hydrogen-bond donors (Lipinski definition) is 0. The van der Waals surface area contributed by atoms with Gasteiger partial charge in [-0.1, -0.05) is 13.8 Å². The number of nitro benzene ring substituents is 1. The third-order valence-corrected chi connectivity index (χ3v) is 3.14. The Labute approximate surface area is 118 Å². The first-order valence-corrected chi connectivity index (χ1v) is 6.90. The maximum Gasteiger partial charge on any atom is 0.313 e. The van der Waals surface area contributed by atoms with Gasteiger partial charge in [-0.15, -0.1) is 0 Å². The molecule has 5 nitrogen and oxygen atoms in total. The summed E-state index contributed by atoms with van der Waals surface area (Å²) in [4.78, 5) is 12.0.